The highest BCUT2D eigenvalue weighted by molar-refractivity contribution is 5.28. The smallest absolute Gasteiger partial charge is 0.328 e. The van der Waals surface area contributed by atoms with Gasteiger partial charge in [0.05, 0.1) is 40.6 Å². The van der Waals surface area contributed by atoms with Gasteiger partial charge in [-0.2, -0.15) is 19.9 Å². The first kappa shape index (κ1) is 23.9. The van der Waals surface area contributed by atoms with Crippen LogP contribution >= 0.6 is 0 Å². The molecule has 12 nitrogen and oxygen atoms in total. The maximum absolute atomic E-state index is 5.44. The van der Waals surface area contributed by atoms with Gasteiger partial charge in [0.25, 0.3) is 0 Å². The van der Waals surface area contributed by atoms with Crippen LogP contribution in [0.4, 0.5) is 0 Å². The van der Waals surface area contributed by atoms with Crippen LogP contribution in [0.5, 0.6) is 47.0 Å². The Labute approximate surface area is 195 Å². The van der Waals surface area contributed by atoms with Gasteiger partial charge in [0.2, 0.25) is 23.5 Å². The Morgan fingerprint density at radius 1 is 0.471 bits per heavy atom. The van der Waals surface area contributed by atoms with Crippen LogP contribution in [0.25, 0.3) is 0 Å². The van der Waals surface area contributed by atoms with Crippen molar-refractivity contribution in [3.8, 4) is 47.0 Å². The van der Waals surface area contributed by atoms with E-state index < -0.39 is 0 Å². The minimum atomic E-state index is 0.160. The fraction of sp³-hybridized carbons (Fsp3) is 0.182. The van der Waals surface area contributed by atoms with E-state index in [0.717, 1.165) is 0 Å². The average molecular weight is 466 g/mol. The second-order valence-corrected chi connectivity index (χ2v) is 6.04. The number of methoxy groups -OCH3 is 4. The van der Waals surface area contributed by atoms with E-state index in [9.17, 15) is 0 Å². The van der Waals surface area contributed by atoms with Crippen LogP contribution in [-0.2, 0) is 0 Å². The van der Waals surface area contributed by atoms with Crippen molar-refractivity contribution in [3.05, 3.63) is 61.2 Å². The summed E-state index contributed by atoms with van der Waals surface area (Å²) in [7, 11) is 6.05. The minimum absolute atomic E-state index is 0.160. The summed E-state index contributed by atoms with van der Waals surface area (Å²) in [4.78, 5) is 23.9. The van der Waals surface area contributed by atoms with Crippen molar-refractivity contribution in [3.63, 3.8) is 0 Å². The molecular weight excluding hydrogens is 444 g/mol. The Morgan fingerprint density at radius 2 is 0.765 bits per heavy atom. The zero-order valence-corrected chi connectivity index (χ0v) is 18.9. The molecule has 0 atom stereocenters. The fourth-order valence-corrected chi connectivity index (χ4v) is 2.30. The van der Waals surface area contributed by atoms with Crippen LogP contribution in [0.1, 0.15) is 0 Å². The third-order valence-electron chi connectivity index (χ3n) is 3.87. The van der Waals surface area contributed by atoms with Crippen LogP contribution in [-0.4, -0.2) is 58.3 Å². The van der Waals surface area contributed by atoms with Crippen LogP contribution in [0.2, 0.25) is 0 Å². The summed E-state index contributed by atoms with van der Waals surface area (Å²) >= 11 is 0. The maximum atomic E-state index is 5.44. The van der Waals surface area contributed by atoms with Crippen LogP contribution in [0, 0.1) is 0 Å². The lowest BCUT2D eigenvalue weighted by atomic mass is 10.5. The summed E-state index contributed by atoms with van der Waals surface area (Å²) < 4.78 is 30.9. The summed E-state index contributed by atoms with van der Waals surface area (Å²) in [5.74, 6) is 2.69. The molecule has 0 saturated heterocycles. The van der Waals surface area contributed by atoms with E-state index in [-0.39, 0.29) is 12.0 Å². The summed E-state index contributed by atoms with van der Waals surface area (Å²) in [6.45, 7) is 0. The number of hydrogen-bond acceptors (Lipinski definition) is 12. The first-order chi connectivity index (χ1) is 16.6. The van der Waals surface area contributed by atoms with Crippen LogP contribution < -0.4 is 28.4 Å². The van der Waals surface area contributed by atoms with E-state index in [4.69, 9.17) is 28.4 Å². The number of pyridine rings is 2. The van der Waals surface area contributed by atoms with Crippen molar-refractivity contribution in [2.24, 2.45) is 0 Å². The molecule has 4 aromatic rings. The van der Waals surface area contributed by atoms with Crippen molar-refractivity contribution in [2.75, 3.05) is 28.4 Å². The van der Waals surface area contributed by atoms with Gasteiger partial charge in [-0.3, -0.25) is 9.97 Å². The predicted molar refractivity (Wildman–Crippen MR) is 119 cm³/mol. The minimum Gasteiger partial charge on any atom is -0.481 e. The topological polar surface area (TPSA) is 133 Å². The molecule has 0 aliphatic rings. The van der Waals surface area contributed by atoms with Gasteiger partial charge in [0.15, 0.2) is 0 Å². The second-order valence-electron chi connectivity index (χ2n) is 6.04. The molecule has 0 N–H and O–H groups in total. The van der Waals surface area contributed by atoms with E-state index in [1.54, 1.807) is 61.2 Å². The molecule has 4 heterocycles. The quantitative estimate of drug-likeness (QED) is 0.377. The largest absolute Gasteiger partial charge is 0.481 e. The molecule has 0 spiro atoms. The Kier molecular flexibility index (Phi) is 8.68. The van der Waals surface area contributed by atoms with Crippen molar-refractivity contribution >= 4 is 0 Å². The zero-order valence-electron chi connectivity index (χ0n) is 18.9. The zero-order chi connectivity index (χ0) is 24.2. The molecule has 4 rings (SSSR count). The van der Waals surface area contributed by atoms with Gasteiger partial charge in [-0.25, -0.2) is 0 Å². The second kappa shape index (κ2) is 12.3. The summed E-state index contributed by atoms with van der Waals surface area (Å²) in [5, 5.41) is 0. The Balaban J connectivity index is 0.000000191. The number of hydrogen-bond donors (Lipinski definition) is 0. The number of rotatable bonds is 8. The SMILES string of the molecule is COc1cc(OC)nc(Oc2ccncc2)n1.COc1cc(OC)nc(Oc2ccncc2)n1. The van der Waals surface area contributed by atoms with Gasteiger partial charge in [-0.05, 0) is 24.3 Å². The molecule has 0 amide bonds. The predicted octanol–water partition coefficient (Wildman–Crippen LogP) is 3.36. The normalized spacial score (nSPS) is 9.76. The van der Waals surface area contributed by atoms with E-state index >= 15 is 0 Å². The van der Waals surface area contributed by atoms with Crippen molar-refractivity contribution in [1.82, 2.24) is 29.9 Å². The first-order valence-electron chi connectivity index (χ1n) is 9.73. The van der Waals surface area contributed by atoms with Crippen molar-refractivity contribution in [1.29, 1.82) is 0 Å². The molecule has 0 aliphatic heterocycles. The maximum Gasteiger partial charge on any atom is 0.328 e. The molecule has 0 aromatic carbocycles. The molecule has 0 bridgehead atoms. The highest BCUT2D eigenvalue weighted by Gasteiger charge is 2.08. The Bertz CT molecular complexity index is 1030. The van der Waals surface area contributed by atoms with Crippen molar-refractivity contribution < 1.29 is 28.4 Å². The third kappa shape index (κ3) is 7.15. The molecule has 12 heteroatoms. The molecule has 0 unspecified atom stereocenters. The van der Waals surface area contributed by atoms with Crippen LogP contribution in [0.3, 0.4) is 0 Å². The van der Waals surface area contributed by atoms with E-state index in [0.29, 0.717) is 35.0 Å². The number of nitrogens with zero attached hydrogens (tertiary/aromatic N) is 6. The number of ether oxygens (including phenoxy) is 6. The monoisotopic (exact) mass is 466 g/mol. The molecule has 0 fully saturated rings. The Hall–Kier alpha value is -4.74. The molecule has 0 saturated carbocycles. The highest BCUT2D eigenvalue weighted by Crippen LogP contribution is 2.24. The molecule has 0 aliphatic carbocycles. The van der Waals surface area contributed by atoms with E-state index in [1.807, 2.05) is 0 Å². The number of aromatic nitrogens is 6. The van der Waals surface area contributed by atoms with Gasteiger partial charge < -0.3 is 28.4 Å². The van der Waals surface area contributed by atoms with E-state index in [2.05, 4.69) is 29.9 Å². The van der Waals surface area contributed by atoms with Gasteiger partial charge in [-0.1, -0.05) is 0 Å². The van der Waals surface area contributed by atoms with Gasteiger partial charge in [0.1, 0.15) is 11.5 Å². The summed E-state index contributed by atoms with van der Waals surface area (Å²) in [6, 6.07) is 10.3. The van der Waals surface area contributed by atoms with Gasteiger partial charge in [0, 0.05) is 24.8 Å². The average Bonchev–Trinajstić information content (AvgIpc) is 2.89. The van der Waals surface area contributed by atoms with Gasteiger partial charge in [-0.15, -0.1) is 0 Å². The summed E-state index contributed by atoms with van der Waals surface area (Å²) in [6.07, 6.45) is 6.47. The van der Waals surface area contributed by atoms with E-state index in [1.165, 1.54) is 28.4 Å². The summed E-state index contributed by atoms with van der Waals surface area (Å²) in [5.41, 5.74) is 0. The highest BCUT2D eigenvalue weighted by atomic mass is 16.5. The molecule has 0 radical (unpaired) electrons. The lowest BCUT2D eigenvalue weighted by molar-refractivity contribution is 0.347. The first-order valence-corrected chi connectivity index (χ1v) is 9.73. The van der Waals surface area contributed by atoms with Crippen LogP contribution in [0.15, 0.2) is 61.2 Å². The lowest BCUT2D eigenvalue weighted by Gasteiger charge is -2.06. The Morgan fingerprint density at radius 3 is 1.03 bits per heavy atom. The third-order valence-corrected chi connectivity index (χ3v) is 3.87. The fourth-order valence-electron chi connectivity index (χ4n) is 2.30. The van der Waals surface area contributed by atoms with Gasteiger partial charge >= 0.3 is 12.0 Å². The molecule has 176 valence electrons. The standard InChI is InChI=1S/2C11H11N3O3/c2*1-15-9-7-10(16-2)14-11(13-9)17-8-3-5-12-6-4-8/h2*3-7H,1-2H3. The molecule has 34 heavy (non-hydrogen) atoms. The molecule has 4 aromatic heterocycles. The van der Waals surface area contributed by atoms with Crippen molar-refractivity contribution in [2.45, 2.75) is 0 Å². The molecular formula is C22H22N6O6. The lowest BCUT2D eigenvalue weighted by Crippen LogP contribution is -1.97.